The molecule has 0 bridgehead atoms. The quantitative estimate of drug-likeness (QED) is 0.551. The van der Waals surface area contributed by atoms with Crippen molar-refractivity contribution in [1.82, 2.24) is 14.5 Å². The number of halogens is 3. The Hall–Kier alpha value is -2.94. The second kappa shape index (κ2) is 5.53. The molecule has 0 radical (unpaired) electrons. The predicted octanol–water partition coefficient (Wildman–Crippen LogP) is 3.62. The molecule has 0 unspecified atom stereocenters. The topological polar surface area (TPSA) is 67.8 Å². The highest BCUT2D eigenvalue weighted by atomic mass is 32.1. The molecule has 3 heterocycles. The molecule has 4 aromatic rings. The van der Waals surface area contributed by atoms with Gasteiger partial charge in [-0.1, -0.05) is 6.07 Å². The van der Waals surface area contributed by atoms with Crippen LogP contribution in [0.1, 0.15) is 11.3 Å². The molecule has 0 aliphatic rings. The molecular formula is C17H10F3N3O2S. The summed E-state index contributed by atoms with van der Waals surface area (Å²) >= 11 is 1.09. The van der Waals surface area contributed by atoms with Gasteiger partial charge < -0.3 is 4.98 Å². The zero-order valence-electron chi connectivity index (χ0n) is 13.2. The Morgan fingerprint density at radius 3 is 2.65 bits per heavy atom. The molecule has 9 heteroatoms. The van der Waals surface area contributed by atoms with Gasteiger partial charge in [-0.3, -0.25) is 4.79 Å². The fourth-order valence-corrected chi connectivity index (χ4v) is 3.86. The van der Waals surface area contributed by atoms with Crippen LogP contribution >= 0.6 is 11.3 Å². The standard InChI is InChI=1S/C17H10F3N3O2S/c1-8-5-6-11-12-13(26-14(11)21-8)15(24)23(16(25)22-12)10-4-2-3-9(7-10)17(18,19)20/h2-7H,1H3,(H,22,25). The van der Waals surface area contributed by atoms with Gasteiger partial charge in [-0.2, -0.15) is 13.2 Å². The van der Waals surface area contributed by atoms with Gasteiger partial charge in [0.05, 0.1) is 16.8 Å². The number of hydrogen-bond acceptors (Lipinski definition) is 4. The van der Waals surface area contributed by atoms with Gasteiger partial charge in [-0.15, -0.1) is 11.3 Å². The van der Waals surface area contributed by atoms with E-state index in [1.54, 1.807) is 19.1 Å². The summed E-state index contributed by atoms with van der Waals surface area (Å²) < 4.78 is 39.7. The van der Waals surface area contributed by atoms with Gasteiger partial charge in [-0.05, 0) is 37.3 Å². The van der Waals surface area contributed by atoms with Crippen molar-refractivity contribution < 1.29 is 13.2 Å². The summed E-state index contributed by atoms with van der Waals surface area (Å²) in [5, 5.41) is 0.626. The molecule has 0 saturated carbocycles. The third-order valence-corrected chi connectivity index (χ3v) is 5.05. The van der Waals surface area contributed by atoms with Gasteiger partial charge >= 0.3 is 11.9 Å². The van der Waals surface area contributed by atoms with E-state index in [1.165, 1.54) is 6.07 Å². The van der Waals surface area contributed by atoms with Crippen molar-refractivity contribution in [2.24, 2.45) is 0 Å². The third-order valence-electron chi connectivity index (χ3n) is 3.96. The van der Waals surface area contributed by atoms with Gasteiger partial charge in [0, 0.05) is 11.1 Å². The molecule has 5 nitrogen and oxygen atoms in total. The number of pyridine rings is 1. The number of aromatic amines is 1. The highest BCUT2D eigenvalue weighted by molar-refractivity contribution is 7.25. The molecule has 0 saturated heterocycles. The Balaban J connectivity index is 2.04. The van der Waals surface area contributed by atoms with Crippen LogP contribution < -0.4 is 11.2 Å². The van der Waals surface area contributed by atoms with Crippen LogP contribution in [0.5, 0.6) is 0 Å². The molecule has 0 fully saturated rings. The van der Waals surface area contributed by atoms with Crippen LogP contribution in [0, 0.1) is 6.92 Å². The van der Waals surface area contributed by atoms with E-state index in [-0.39, 0.29) is 10.4 Å². The Labute approximate surface area is 147 Å². The summed E-state index contributed by atoms with van der Waals surface area (Å²) in [6, 6.07) is 7.61. The molecule has 0 spiro atoms. The lowest BCUT2D eigenvalue weighted by molar-refractivity contribution is -0.137. The summed E-state index contributed by atoms with van der Waals surface area (Å²) in [5.41, 5.74) is -1.46. The van der Waals surface area contributed by atoms with Crippen molar-refractivity contribution >= 4 is 31.8 Å². The fourth-order valence-electron chi connectivity index (χ4n) is 2.76. The van der Waals surface area contributed by atoms with E-state index in [1.807, 2.05) is 0 Å². The van der Waals surface area contributed by atoms with Crippen molar-refractivity contribution in [3.63, 3.8) is 0 Å². The first-order valence-electron chi connectivity index (χ1n) is 7.48. The van der Waals surface area contributed by atoms with E-state index < -0.39 is 23.0 Å². The van der Waals surface area contributed by atoms with E-state index in [9.17, 15) is 22.8 Å². The average molecular weight is 377 g/mol. The molecule has 0 amide bonds. The van der Waals surface area contributed by atoms with Crippen LogP contribution in [0.3, 0.4) is 0 Å². The van der Waals surface area contributed by atoms with Crippen LogP contribution in [0.15, 0.2) is 46.0 Å². The minimum Gasteiger partial charge on any atom is -0.305 e. The number of aryl methyl sites for hydroxylation is 1. The molecule has 4 rings (SSSR count). The van der Waals surface area contributed by atoms with Crippen LogP contribution in [-0.4, -0.2) is 14.5 Å². The van der Waals surface area contributed by atoms with Gasteiger partial charge in [0.2, 0.25) is 0 Å². The highest BCUT2D eigenvalue weighted by Gasteiger charge is 2.30. The summed E-state index contributed by atoms with van der Waals surface area (Å²) in [6.45, 7) is 1.80. The number of alkyl halides is 3. The fraction of sp³-hybridized carbons (Fsp3) is 0.118. The van der Waals surface area contributed by atoms with Crippen molar-refractivity contribution in [3.8, 4) is 5.69 Å². The van der Waals surface area contributed by atoms with Gasteiger partial charge in [0.25, 0.3) is 5.56 Å². The molecule has 0 aliphatic heterocycles. The molecule has 26 heavy (non-hydrogen) atoms. The highest BCUT2D eigenvalue weighted by Crippen LogP contribution is 2.31. The maximum Gasteiger partial charge on any atom is 0.416 e. The van der Waals surface area contributed by atoms with Gasteiger partial charge in [0.1, 0.15) is 9.53 Å². The number of rotatable bonds is 1. The van der Waals surface area contributed by atoms with Crippen molar-refractivity contribution in [2.75, 3.05) is 0 Å². The lowest BCUT2D eigenvalue weighted by atomic mass is 10.2. The van der Waals surface area contributed by atoms with E-state index >= 15 is 0 Å². The first-order chi connectivity index (χ1) is 12.3. The predicted molar refractivity (Wildman–Crippen MR) is 93.1 cm³/mol. The first-order valence-corrected chi connectivity index (χ1v) is 8.30. The summed E-state index contributed by atoms with van der Waals surface area (Å²) in [7, 11) is 0. The molecule has 1 aromatic carbocycles. The molecule has 0 atom stereocenters. The van der Waals surface area contributed by atoms with Crippen LogP contribution in [-0.2, 0) is 6.18 Å². The third kappa shape index (κ3) is 2.51. The number of H-pyrrole nitrogens is 1. The number of hydrogen-bond donors (Lipinski definition) is 1. The Bertz CT molecular complexity index is 1280. The lowest BCUT2D eigenvalue weighted by Crippen LogP contribution is -2.33. The van der Waals surface area contributed by atoms with Crippen LogP contribution in [0.25, 0.3) is 26.1 Å². The van der Waals surface area contributed by atoms with Gasteiger partial charge in [-0.25, -0.2) is 14.3 Å². The number of aromatic nitrogens is 3. The van der Waals surface area contributed by atoms with Crippen molar-refractivity contribution in [1.29, 1.82) is 0 Å². The number of fused-ring (bicyclic) bond motifs is 3. The Morgan fingerprint density at radius 1 is 1.15 bits per heavy atom. The van der Waals surface area contributed by atoms with E-state index in [0.29, 0.717) is 20.3 Å². The smallest absolute Gasteiger partial charge is 0.305 e. The first kappa shape index (κ1) is 16.5. The largest absolute Gasteiger partial charge is 0.416 e. The lowest BCUT2D eigenvalue weighted by Gasteiger charge is -2.09. The monoisotopic (exact) mass is 377 g/mol. The maximum atomic E-state index is 12.9. The zero-order valence-corrected chi connectivity index (χ0v) is 14.0. The van der Waals surface area contributed by atoms with Crippen molar-refractivity contribution in [2.45, 2.75) is 13.1 Å². The van der Waals surface area contributed by atoms with Crippen LogP contribution in [0.2, 0.25) is 0 Å². The Morgan fingerprint density at radius 2 is 1.92 bits per heavy atom. The molecule has 0 aliphatic carbocycles. The molecule has 1 N–H and O–H groups in total. The maximum absolute atomic E-state index is 12.9. The SMILES string of the molecule is Cc1ccc2c(n1)sc1c(=O)n(-c3cccc(C(F)(F)F)c3)c(=O)[nH]c12. The molecular weight excluding hydrogens is 367 g/mol. The minimum atomic E-state index is -4.57. The number of thiophene rings is 1. The van der Waals surface area contributed by atoms with E-state index in [4.69, 9.17) is 0 Å². The molecule has 3 aromatic heterocycles. The van der Waals surface area contributed by atoms with Gasteiger partial charge in [0.15, 0.2) is 0 Å². The second-order valence-corrected chi connectivity index (χ2v) is 6.73. The summed E-state index contributed by atoms with van der Waals surface area (Å²) in [5.74, 6) is 0. The Kier molecular flexibility index (Phi) is 3.52. The number of nitrogens with one attached hydrogen (secondary N) is 1. The summed E-state index contributed by atoms with van der Waals surface area (Å²) in [6.07, 6.45) is -4.57. The minimum absolute atomic E-state index is 0.144. The molecule has 132 valence electrons. The van der Waals surface area contributed by atoms with E-state index in [0.717, 1.165) is 35.2 Å². The normalized spacial score (nSPS) is 12.2. The number of benzene rings is 1. The zero-order chi connectivity index (χ0) is 18.6. The number of nitrogens with zero attached hydrogens (tertiary/aromatic N) is 2. The van der Waals surface area contributed by atoms with Crippen molar-refractivity contribution in [3.05, 3.63) is 68.5 Å². The van der Waals surface area contributed by atoms with Crippen LogP contribution in [0.4, 0.5) is 13.2 Å². The van der Waals surface area contributed by atoms with E-state index in [2.05, 4.69) is 9.97 Å². The second-order valence-electron chi connectivity index (χ2n) is 5.73. The average Bonchev–Trinajstić information content (AvgIpc) is 2.92. The summed E-state index contributed by atoms with van der Waals surface area (Å²) in [4.78, 5) is 32.7.